The lowest BCUT2D eigenvalue weighted by Gasteiger charge is -2.20. The predicted octanol–water partition coefficient (Wildman–Crippen LogP) is 5.40. The first-order valence-corrected chi connectivity index (χ1v) is 8.07. The zero-order valence-corrected chi connectivity index (χ0v) is 15.3. The summed E-state index contributed by atoms with van der Waals surface area (Å²) >= 11 is 7.04. The molecule has 1 N–H and O–H groups in total. The highest BCUT2D eigenvalue weighted by Crippen LogP contribution is 2.34. The molecule has 5 heteroatoms. The van der Waals surface area contributed by atoms with Gasteiger partial charge >= 0.3 is 0 Å². The first kappa shape index (κ1) is 16.2. The number of halogens is 2. The lowest BCUT2D eigenvalue weighted by atomic mass is 10.1. The fraction of sp³-hybridized carbons (Fsp3) is 0.250. The second-order valence-electron chi connectivity index (χ2n) is 4.60. The minimum Gasteiger partial charge on any atom is -0.497 e. The largest absolute Gasteiger partial charge is 0.497 e. The maximum atomic E-state index is 5.44. The van der Waals surface area contributed by atoms with E-state index in [1.54, 1.807) is 14.2 Å². The Bertz CT molecular complexity index is 632. The van der Waals surface area contributed by atoms with Crippen molar-refractivity contribution in [2.75, 3.05) is 19.5 Å². The molecule has 1 atom stereocenters. The van der Waals surface area contributed by atoms with Crippen LogP contribution in [-0.4, -0.2) is 14.2 Å². The molecule has 2 aromatic rings. The average molecular weight is 415 g/mol. The standard InChI is InChI=1S/C16H17Br2NO2/c1-10(19-15-8-11(17)4-6-14(15)18)13-9-12(20-2)5-7-16(13)21-3/h4-10,19H,1-3H3. The van der Waals surface area contributed by atoms with Crippen molar-refractivity contribution in [1.29, 1.82) is 0 Å². The van der Waals surface area contributed by atoms with E-state index in [1.165, 1.54) is 0 Å². The fourth-order valence-corrected chi connectivity index (χ4v) is 2.82. The molecule has 3 nitrogen and oxygen atoms in total. The highest BCUT2D eigenvalue weighted by Gasteiger charge is 2.14. The number of benzene rings is 2. The molecule has 0 amide bonds. The molecule has 112 valence electrons. The predicted molar refractivity (Wildman–Crippen MR) is 93.4 cm³/mol. The molecule has 2 aromatic carbocycles. The molecular formula is C16H17Br2NO2. The second kappa shape index (κ2) is 7.18. The third kappa shape index (κ3) is 3.92. The molecule has 0 spiro atoms. The van der Waals surface area contributed by atoms with E-state index in [-0.39, 0.29) is 6.04 Å². The summed E-state index contributed by atoms with van der Waals surface area (Å²) in [6.45, 7) is 2.09. The Balaban J connectivity index is 2.31. The number of ether oxygens (including phenoxy) is 2. The van der Waals surface area contributed by atoms with Gasteiger partial charge in [0.1, 0.15) is 11.5 Å². The quantitative estimate of drug-likeness (QED) is 0.710. The Morgan fingerprint density at radius 2 is 1.76 bits per heavy atom. The summed E-state index contributed by atoms with van der Waals surface area (Å²) in [4.78, 5) is 0. The lowest BCUT2D eigenvalue weighted by Crippen LogP contribution is -2.09. The number of methoxy groups -OCH3 is 2. The average Bonchev–Trinajstić information content (AvgIpc) is 2.50. The summed E-state index contributed by atoms with van der Waals surface area (Å²) in [5, 5.41) is 3.48. The van der Waals surface area contributed by atoms with Gasteiger partial charge in [-0.25, -0.2) is 0 Å². The Labute approximate surface area is 141 Å². The van der Waals surface area contributed by atoms with Crippen LogP contribution in [0.15, 0.2) is 45.3 Å². The van der Waals surface area contributed by atoms with E-state index in [4.69, 9.17) is 9.47 Å². The van der Waals surface area contributed by atoms with Crippen molar-refractivity contribution in [1.82, 2.24) is 0 Å². The molecule has 0 aliphatic carbocycles. The Hall–Kier alpha value is -1.20. The van der Waals surface area contributed by atoms with Crippen LogP contribution >= 0.6 is 31.9 Å². The third-order valence-corrected chi connectivity index (χ3v) is 4.39. The summed E-state index contributed by atoms with van der Waals surface area (Å²) in [6, 6.07) is 11.9. The molecule has 0 bridgehead atoms. The van der Waals surface area contributed by atoms with Gasteiger partial charge in [0.15, 0.2) is 0 Å². The van der Waals surface area contributed by atoms with Gasteiger partial charge in [-0.1, -0.05) is 15.9 Å². The SMILES string of the molecule is COc1ccc(OC)c(C(C)Nc2cc(Br)ccc2Br)c1. The van der Waals surface area contributed by atoms with E-state index < -0.39 is 0 Å². The molecule has 0 aliphatic heterocycles. The summed E-state index contributed by atoms with van der Waals surface area (Å²) < 4.78 is 12.8. The van der Waals surface area contributed by atoms with Crippen LogP contribution in [0.2, 0.25) is 0 Å². The van der Waals surface area contributed by atoms with Gasteiger partial charge in [-0.3, -0.25) is 0 Å². The molecule has 0 heterocycles. The molecular weight excluding hydrogens is 398 g/mol. The zero-order chi connectivity index (χ0) is 15.4. The van der Waals surface area contributed by atoms with Gasteiger partial charge in [0, 0.05) is 14.5 Å². The highest BCUT2D eigenvalue weighted by molar-refractivity contribution is 9.11. The molecule has 1 unspecified atom stereocenters. The minimum absolute atomic E-state index is 0.0700. The topological polar surface area (TPSA) is 30.5 Å². The summed E-state index contributed by atoms with van der Waals surface area (Å²) in [5.74, 6) is 1.65. The van der Waals surface area contributed by atoms with Crippen molar-refractivity contribution in [2.24, 2.45) is 0 Å². The van der Waals surface area contributed by atoms with Crippen LogP contribution in [0.25, 0.3) is 0 Å². The smallest absolute Gasteiger partial charge is 0.124 e. The zero-order valence-electron chi connectivity index (χ0n) is 12.1. The van der Waals surface area contributed by atoms with Crippen molar-refractivity contribution in [3.63, 3.8) is 0 Å². The van der Waals surface area contributed by atoms with Crippen molar-refractivity contribution < 1.29 is 9.47 Å². The summed E-state index contributed by atoms with van der Waals surface area (Å²) in [5.41, 5.74) is 2.06. The van der Waals surface area contributed by atoms with Crippen molar-refractivity contribution in [2.45, 2.75) is 13.0 Å². The lowest BCUT2D eigenvalue weighted by molar-refractivity contribution is 0.397. The molecule has 0 fully saturated rings. The molecule has 0 radical (unpaired) electrons. The normalized spacial score (nSPS) is 11.9. The van der Waals surface area contributed by atoms with E-state index in [9.17, 15) is 0 Å². The fourth-order valence-electron chi connectivity index (χ4n) is 2.10. The van der Waals surface area contributed by atoms with Crippen molar-refractivity contribution >= 4 is 37.5 Å². The number of hydrogen-bond donors (Lipinski definition) is 1. The van der Waals surface area contributed by atoms with E-state index in [1.807, 2.05) is 36.4 Å². The molecule has 2 rings (SSSR count). The van der Waals surface area contributed by atoms with Crippen LogP contribution in [0.5, 0.6) is 11.5 Å². The van der Waals surface area contributed by atoms with Gasteiger partial charge < -0.3 is 14.8 Å². The number of rotatable bonds is 5. The first-order valence-electron chi connectivity index (χ1n) is 6.48. The van der Waals surface area contributed by atoms with Crippen molar-refractivity contribution in [3.8, 4) is 11.5 Å². The maximum Gasteiger partial charge on any atom is 0.124 e. The van der Waals surface area contributed by atoms with Gasteiger partial charge in [-0.2, -0.15) is 0 Å². The van der Waals surface area contributed by atoms with Crippen LogP contribution in [-0.2, 0) is 0 Å². The van der Waals surface area contributed by atoms with E-state index in [2.05, 4.69) is 44.1 Å². The molecule has 21 heavy (non-hydrogen) atoms. The minimum atomic E-state index is 0.0700. The second-order valence-corrected chi connectivity index (χ2v) is 6.37. The Morgan fingerprint density at radius 1 is 1.00 bits per heavy atom. The number of anilines is 1. The third-order valence-electron chi connectivity index (χ3n) is 3.20. The van der Waals surface area contributed by atoms with Crippen LogP contribution in [0.1, 0.15) is 18.5 Å². The van der Waals surface area contributed by atoms with Gasteiger partial charge in [-0.05, 0) is 59.3 Å². The highest BCUT2D eigenvalue weighted by atomic mass is 79.9. The summed E-state index contributed by atoms with van der Waals surface area (Å²) in [7, 11) is 3.33. The van der Waals surface area contributed by atoms with E-state index >= 15 is 0 Å². The molecule has 0 saturated heterocycles. The first-order chi connectivity index (χ1) is 10.0. The van der Waals surface area contributed by atoms with Crippen LogP contribution in [0.4, 0.5) is 5.69 Å². The Kier molecular flexibility index (Phi) is 5.53. The van der Waals surface area contributed by atoms with Crippen molar-refractivity contribution in [3.05, 3.63) is 50.9 Å². The van der Waals surface area contributed by atoms with Gasteiger partial charge in [-0.15, -0.1) is 0 Å². The Morgan fingerprint density at radius 3 is 2.43 bits per heavy atom. The molecule has 0 aromatic heterocycles. The number of nitrogens with one attached hydrogen (secondary N) is 1. The van der Waals surface area contributed by atoms with E-state index in [0.29, 0.717) is 0 Å². The van der Waals surface area contributed by atoms with Gasteiger partial charge in [0.2, 0.25) is 0 Å². The monoisotopic (exact) mass is 413 g/mol. The molecule has 0 saturated carbocycles. The van der Waals surface area contributed by atoms with E-state index in [0.717, 1.165) is 31.7 Å². The van der Waals surface area contributed by atoms with Crippen LogP contribution in [0, 0.1) is 0 Å². The van der Waals surface area contributed by atoms with Crippen LogP contribution < -0.4 is 14.8 Å². The number of hydrogen-bond acceptors (Lipinski definition) is 3. The molecule has 0 aliphatic rings. The maximum absolute atomic E-state index is 5.44. The van der Waals surface area contributed by atoms with Gasteiger partial charge in [0.05, 0.1) is 25.9 Å². The van der Waals surface area contributed by atoms with Gasteiger partial charge in [0.25, 0.3) is 0 Å². The summed E-state index contributed by atoms with van der Waals surface area (Å²) in [6.07, 6.45) is 0. The van der Waals surface area contributed by atoms with Crippen LogP contribution in [0.3, 0.4) is 0 Å².